The number of carbonyl (C=O) groups is 2. The van der Waals surface area contributed by atoms with Crippen molar-refractivity contribution in [2.75, 3.05) is 34.0 Å². The number of ether oxygens (including phenoxy) is 6. The first-order valence-corrected chi connectivity index (χ1v) is 10.8. The summed E-state index contributed by atoms with van der Waals surface area (Å²) in [7, 11) is 3.06. The summed E-state index contributed by atoms with van der Waals surface area (Å²) in [5.74, 6) is 0.580. The van der Waals surface area contributed by atoms with Crippen molar-refractivity contribution in [3.05, 3.63) is 41.5 Å². The second kappa shape index (κ2) is 9.31. The summed E-state index contributed by atoms with van der Waals surface area (Å²) in [6.45, 7) is 4.76. The summed E-state index contributed by atoms with van der Waals surface area (Å²) in [6.07, 6.45) is 0.458. The van der Waals surface area contributed by atoms with Crippen molar-refractivity contribution < 1.29 is 38.0 Å². The Bertz CT molecular complexity index is 1050. The number of hydrogen-bond donors (Lipinski definition) is 0. The van der Waals surface area contributed by atoms with E-state index in [1.54, 1.807) is 39.2 Å². The van der Waals surface area contributed by atoms with Gasteiger partial charge in [-0.3, -0.25) is 4.79 Å². The Balaban J connectivity index is 1.67. The van der Waals surface area contributed by atoms with Gasteiger partial charge in [0.1, 0.15) is 19.3 Å². The van der Waals surface area contributed by atoms with E-state index in [1.807, 2.05) is 12.1 Å². The summed E-state index contributed by atoms with van der Waals surface area (Å²) in [6, 6.07) is 9.05. The molecule has 1 fully saturated rings. The van der Waals surface area contributed by atoms with E-state index in [4.69, 9.17) is 28.4 Å². The Morgan fingerprint density at radius 2 is 1.85 bits per heavy atom. The van der Waals surface area contributed by atoms with Gasteiger partial charge in [-0.1, -0.05) is 12.1 Å². The van der Waals surface area contributed by atoms with Crippen LogP contribution in [0, 0.1) is 5.41 Å². The van der Waals surface area contributed by atoms with Crippen molar-refractivity contribution in [2.45, 2.75) is 33.0 Å². The lowest BCUT2D eigenvalue weighted by molar-refractivity contribution is -0.161. The van der Waals surface area contributed by atoms with E-state index < -0.39 is 5.41 Å². The van der Waals surface area contributed by atoms with Crippen molar-refractivity contribution in [3.8, 4) is 28.4 Å². The highest BCUT2D eigenvalue weighted by Gasteiger charge is 2.35. The maximum absolute atomic E-state index is 12.8. The number of hydrogen-bond acceptors (Lipinski definition) is 8. The monoisotopic (exact) mass is 456 g/mol. The molecule has 2 heterocycles. The Hall–Kier alpha value is -3.26. The number of fused-ring (bicyclic) bond motifs is 1. The highest BCUT2D eigenvalue weighted by atomic mass is 16.6. The second-order valence-corrected chi connectivity index (χ2v) is 8.65. The summed E-state index contributed by atoms with van der Waals surface area (Å²) in [5, 5.41) is 0. The highest BCUT2D eigenvalue weighted by Crippen LogP contribution is 2.47. The molecule has 0 radical (unpaired) electrons. The molecule has 33 heavy (non-hydrogen) atoms. The minimum atomic E-state index is -0.925. The van der Waals surface area contributed by atoms with Crippen molar-refractivity contribution in [2.24, 2.45) is 5.41 Å². The summed E-state index contributed by atoms with van der Waals surface area (Å²) >= 11 is 0. The predicted octanol–water partition coefficient (Wildman–Crippen LogP) is 3.78. The molecular formula is C25H28O8. The van der Waals surface area contributed by atoms with E-state index in [-0.39, 0.29) is 31.3 Å². The van der Waals surface area contributed by atoms with Crippen LogP contribution in [0.2, 0.25) is 0 Å². The maximum atomic E-state index is 12.8. The van der Waals surface area contributed by atoms with Crippen molar-refractivity contribution in [1.29, 1.82) is 0 Å². The Kier molecular flexibility index (Phi) is 6.47. The molecule has 0 saturated carbocycles. The molecule has 1 atom stereocenters. The average molecular weight is 456 g/mol. The number of methoxy groups -OCH3 is 2. The molecule has 0 N–H and O–H groups in total. The molecule has 0 aliphatic carbocycles. The third-order valence-corrected chi connectivity index (χ3v) is 5.83. The van der Waals surface area contributed by atoms with Gasteiger partial charge in [-0.15, -0.1) is 0 Å². The molecular weight excluding hydrogens is 428 g/mol. The fourth-order valence-electron chi connectivity index (χ4n) is 3.88. The summed E-state index contributed by atoms with van der Waals surface area (Å²) in [4.78, 5) is 24.9. The van der Waals surface area contributed by atoms with Crippen LogP contribution < -0.4 is 14.2 Å². The number of esters is 2. The molecule has 4 rings (SSSR count). The van der Waals surface area contributed by atoms with E-state index in [0.717, 1.165) is 11.1 Å². The lowest BCUT2D eigenvalue weighted by Crippen LogP contribution is -2.35. The number of benzene rings is 2. The van der Waals surface area contributed by atoms with Crippen molar-refractivity contribution >= 4 is 11.9 Å². The van der Waals surface area contributed by atoms with E-state index in [0.29, 0.717) is 48.0 Å². The largest absolute Gasteiger partial charge is 0.493 e. The molecule has 0 spiro atoms. The van der Waals surface area contributed by atoms with Gasteiger partial charge in [-0.25, -0.2) is 4.79 Å². The summed E-state index contributed by atoms with van der Waals surface area (Å²) in [5.41, 5.74) is 1.87. The highest BCUT2D eigenvalue weighted by molar-refractivity contribution is 5.96. The van der Waals surface area contributed by atoms with Crippen LogP contribution >= 0.6 is 0 Å². The van der Waals surface area contributed by atoms with Crippen molar-refractivity contribution in [1.82, 2.24) is 0 Å². The molecule has 2 aliphatic heterocycles. The first-order valence-electron chi connectivity index (χ1n) is 10.8. The van der Waals surface area contributed by atoms with Gasteiger partial charge in [0.2, 0.25) is 5.75 Å². The van der Waals surface area contributed by atoms with E-state index in [9.17, 15) is 9.59 Å². The van der Waals surface area contributed by atoms with Gasteiger partial charge in [0, 0.05) is 17.5 Å². The summed E-state index contributed by atoms with van der Waals surface area (Å²) < 4.78 is 33.4. The van der Waals surface area contributed by atoms with Gasteiger partial charge in [-0.2, -0.15) is 0 Å². The van der Waals surface area contributed by atoms with Crippen molar-refractivity contribution in [3.63, 3.8) is 0 Å². The molecule has 176 valence electrons. The maximum Gasteiger partial charge on any atom is 0.338 e. The number of rotatable bonds is 8. The molecule has 8 nitrogen and oxygen atoms in total. The van der Waals surface area contributed by atoms with Crippen LogP contribution in [0.5, 0.6) is 17.2 Å². The molecule has 8 heteroatoms. The van der Waals surface area contributed by atoms with Crippen LogP contribution in [0.4, 0.5) is 0 Å². The van der Waals surface area contributed by atoms with Crippen LogP contribution in [0.1, 0.15) is 36.2 Å². The SMILES string of the molecule is COc1ccc(-c2cccc3c2COC3=O)c(OCC(C)(C)C(=O)O[C@@H]2CCOC2)c1OC. The average Bonchev–Trinajstić information content (AvgIpc) is 3.46. The van der Waals surface area contributed by atoms with Gasteiger partial charge >= 0.3 is 11.9 Å². The normalized spacial score (nSPS) is 17.3. The third-order valence-electron chi connectivity index (χ3n) is 5.83. The minimum absolute atomic E-state index is 0.0421. The van der Waals surface area contributed by atoms with Gasteiger partial charge in [-0.05, 0) is 37.6 Å². The van der Waals surface area contributed by atoms with Crippen LogP contribution in [0.15, 0.2) is 30.3 Å². The minimum Gasteiger partial charge on any atom is -0.493 e. The van der Waals surface area contributed by atoms with Crippen LogP contribution in [0.25, 0.3) is 11.1 Å². The first kappa shape index (κ1) is 22.9. The van der Waals surface area contributed by atoms with E-state index in [2.05, 4.69) is 0 Å². The number of cyclic esters (lactones) is 1. The van der Waals surface area contributed by atoms with Crippen LogP contribution in [0.3, 0.4) is 0 Å². The molecule has 0 amide bonds. The lowest BCUT2D eigenvalue weighted by Gasteiger charge is -2.26. The first-order chi connectivity index (χ1) is 15.9. The van der Waals surface area contributed by atoms with Gasteiger partial charge in [0.25, 0.3) is 0 Å². The number of carbonyl (C=O) groups excluding carboxylic acids is 2. The zero-order chi connectivity index (χ0) is 23.6. The third kappa shape index (κ3) is 4.48. The van der Waals surface area contributed by atoms with Crippen LogP contribution in [-0.4, -0.2) is 52.1 Å². The van der Waals surface area contributed by atoms with Gasteiger partial charge in [0.05, 0.1) is 38.4 Å². The molecule has 0 unspecified atom stereocenters. The molecule has 2 aliphatic rings. The molecule has 2 aromatic carbocycles. The standard InChI is InChI=1S/C25H28O8/c1-25(2,24(27)33-15-10-11-30-12-15)14-32-21-17(8-9-20(28-3)22(21)29-4)16-6-5-7-18-19(16)13-31-23(18)26/h5-9,15H,10-14H2,1-4H3/t15-/m1/s1. The molecule has 0 aromatic heterocycles. The zero-order valence-electron chi connectivity index (χ0n) is 19.3. The quantitative estimate of drug-likeness (QED) is 0.555. The van der Waals surface area contributed by atoms with Gasteiger partial charge in [0.15, 0.2) is 11.5 Å². The molecule has 2 aromatic rings. The molecule has 1 saturated heterocycles. The Morgan fingerprint density at radius 3 is 2.55 bits per heavy atom. The smallest absolute Gasteiger partial charge is 0.338 e. The topological polar surface area (TPSA) is 89.5 Å². The lowest BCUT2D eigenvalue weighted by atomic mass is 9.94. The fourth-order valence-corrected chi connectivity index (χ4v) is 3.88. The fraction of sp³-hybridized carbons (Fsp3) is 0.440. The Morgan fingerprint density at radius 1 is 1.06 bits per heavy atom. The second-order valence-electron chi connectivity index (χ2n) is 8.65. The Labute approximate surface area is 192 Å². The zero-order valence-corrected chi connectivity index (χ0v) is 19.3. The predicted molar refractivity (Wildman–Crippen MR) is 119 cm³/mol. The van der Waals surface area contributed by atoms with Gasteiger partial charge < -0.3 is 28.4 Å². The van der Waals surface area contributed by atoms with E-state index in [1.165, 1.54) is 7.11 Å². The van der Waals surface area contributed by atoms with E-state index >= 15 is 0 Å². The molecule has 0 bridgehead atoms. The van der Waals surface area contributed by atoms with Crippen LogP contribution in [-0.2, 0) is 25.6 Å².